The van der Waals surface area contributed by atoms with Gasteiger partial charge in [0, 0.05) is 36.8 Å². The molecular formula is C23H25ClN4O4. The van der Waals surface area contributed by atoms with Crippen LogP contribution in [0.5, 0.6) is 11.5 Å². The topological polar surface area (TPSA) is 80.9 Å². The number of ether oxygens (including phenoxy) is 2. The van der Waals surface area contributed by atoms with E-state index in [0.717, 1.165) is 24.2 Å². The van der Waals surface area contributed by atoms with Crippen molar-refractivity contribution in [3.05, 3.63) is 58.9 Å². The summed E-state index contributed by atoms with van der Waals surface area (Å²) in [6.07, 6.45) is 0. The van der Waals surface area contributed by atoms with Crippen molar-refractivity contribution >= 4 is 17.5 Å². The first-order valence-corrected chi connectivity index (χ1v) is 10.8. The summed E-state index contributed by atoms with van der Waals surface area (Å²) in [4.78, 5) is 21.0. The van der Waals surface area contributed by atoms with Crippen LogP contribution in [-0.2, 0) is 11.3 Å². The minimum atomic E-state index is -0.0462. The number of methoxy groups -OCH3 is 1. The van der Waals surface area contributed by atoms with E-state index in [1.54, 1.807) is 19.2 Å². The number of carbonyl (C=O) groups is 1. The standard InChI is InChI=1S/C23H25ClN4O4/c1-16-3-8-19(20(13-16)30-2)31-15-22(29)28-11-9-27(10-12-28)14-21-25-23(26-32-21)17-4-6-18(24)7-5-17/h3-8,13H,9-12,14-15H2,1-2H3. The average Bonchev–Trinajstić information content (AvgIpc) is 3.27. The lowest BCUT2D eigenvalue weighted by molar-refractivity contribution is -0.135. The Hall–Kier alpha value is -3.10. The van der Waals surface area contributed by atoms with Crippen molar-refractivity contribution in [1.29, 1.82) is 0 Å². The summed E-state index contributed by atoms with van der Waals surface area (Å²) >= 11 is 5.92. The van der Waals surface area contributed by atoms with Crippen LogP contribution >= 0.6 is 11.6 Å². The van der Waals surface area contributed by atoms with E-state index in [2.05, 4.69) is 15.0 Å². The highest BCUT2D eigenvalue weighted by Crippen LogP contribution is 2.27. The second-order valence-corrected chi connectivity index (χ2v) is 8.05. The fourth-order valence-corrected chi connectivity index (χ4v) is 3.63. The maximum absolute atomic E-state index is 12.6. The van der Waals surface area contributed by atoms with Gasteiger partial charge in [0.05, 0.1) is 13.7 Å². The van der Waals surface area contributed by atoms with Gasteiger partial charge in [0.2, 0.25) is 11.7 Å². The summed E-state index contributed by atoms with van der Waals surface area (Å²) in [5.41, 5.74) is 1.92. The molecule has 1 amide bonds. The number of carbonyl (C=O) groups excluding carboxylic acids is 1. The molecule has 32 heavy (non-hydrogen) atoms. The molecule has 3 aromatic rings. The van der Waals surface area contributed by atoms with E-state index in [0.29, 0.717) is 47.9 Å². The molecule has 0 saturated carbocycles. The van der Waals surface area contributed by atoms with Crippen molar-refractivity contribution in [2.24, 2.45) is 0 Å². The van der Waals surface area contributed by atoms with E-state index >= 15 is 0 Å². The first-order valence-electron chi connectivity index (χ1n) is 10.4. The van der Waals surface area contributed by atoms with Crippen LogP contribution in [0.4, 0.5) is 0 Å². The van der Waals surface area contributed by atoms with Crippen LogP contribution in [0.25, 0.3) is 11.4 Å². The highest BCUT2D eigenvalue weighted by molar-refractivity contribution is 6.30. The second-order valence-electron chi connectivity index (χ2n) is 7.62. The van der Waals surface area contributed by atoms with Gasteiger partial charge in [0.1, 0.15) is 0 Å². The Morgan fingerprint density at radius 3 is 2.56 bits per heavy atom. The van der Waals surface area contributed by atoms with Gasteiger partial charge in [-0.15, -0.1) is 0 Å². The van der Waals surface area contributed by atoms with Gasteiger partial charge in [0.15, 0.2) is 18.1 Å². The van der Waals surface area contributed by atoms with Crippen molar-refractivity contribution < 1.29 is 18.8 Å². The van der Waals surface area contributed by atoms with Gasteiger partial charge in [-0.3, -0.25) is 9.69 Å². The van der Waals surface area contributed by atoms with Crippen molar-refractivity contribution in [1.82, 2.24) is 19.9 Å². The van der Waals surface area contributed by atoms with Crippen LogP contribution in [0, 0.1) is 6.92 Å². The molecule has 1 aromatic heterocycles. The molecule has 1 aliphatic rings. The predicted octanol–water partition coefficient (Wildman–Crippen LogP) is 3.43. The lowest BCUT2D eigenvalue weighted by atomic mass is 10.2. The molecule has 1 aliphatic heterocycles. The van der Waals surface area contributed by atoms with Crippen LogP contribution < -0.4 is 9.47 Å². The summed E-state index contributed by atoms with van der Waals surface area (Å²) in [5.74, 6) is 2.23. The molecule has 0 atom stereocenters. The second kappa shape index (κ2) is 10.0. The molecule has 0 aliphatic carbocycles. The van der Waals surface area contributed by atoms with Crippen LogP contribution in [0.2, 0.25) is 5.02 Å². The van der Waals surface area contributed by atoms with Crippen LogP contribution in [0.15, 0.2) is 47.0 Å². The molecule has 2 heterocycles. The van der Waals surface area contributed by atoms with Gasteiger partial charge in [-0.25, -0.2) is 0 Å². The number of aryl methyl sites for hydroxylation is 1. The predicted molar refractivity (Wildman–Crippen MR) is 120 cm³/mol. The van der Waals surface area contributed by atoms with E-state index in [1.807, 2.05) is 42.2 Å². The SMILES string of the molecule is COc1cc(C)ccc1OCC(=O)N1CCN(Cc2nc(-c3ccc(Cl)cc3)no2)CC1. The molecule has 168 valence electrons. The number of rotatable bonds is 7. The highest BCUT2D eigenvalue weighted by atomic mass is 35.5. The Morgan fingerprint density at radius 1 is 1.09 bits per heavy atom. The van der Waals surface area contributed by atoms with Crippen molar-refractivity contribution in [3.8, 4) is 22.9 Å². The highest BCUT2D eigenvalue weighted by Gasteiger charge is 2.23. The maximum atomic E-state index is 12.6. The Balaban J connectivity index is 1.25. The fraction of sp³-hybridized carbons (Fsp3) is 0.348. The quantitative estimate of drug-likeness (QED) is 0.538. The molecule has 1 fully saturated rings. The Labute approximate surface area is 191 Å². The number of piperazine rings is 1. The normalized spacial score (nSPS) is 14.4. The van der Waals surface area contributed by atoms with Crippen LogP contribution in [-0.4, -0.2) is 65.7 Å². The Morgan fingerprint density at radius 2 is 1.84 bits per heavy atom. The molecular weight excluding hydrogens is 432 g/mol. The number of aromatic nitrogens is 2. The van der Waals surface area contributed by atoms with E-state index in [-0.39, 0.29) is 12.5 Å². The minimum Gasteiger partial charge on any atom is -0.493 e. The molecule has 0 N–H and O–H groups in total. The van der Waals surface area contributed by atoms with Gasteiger partial charge in [-0.1, -0.05) is 22.8 Å². The number of amides is 1. The number of hydrogen-bond acceptors (Lipinski definition) is 7. The van der Waals surface area contributed by atoms with Gasteiger partial charge in [-0.05, 0) is 48.9 Å². The average molecular weight is 457 g/mol. The molecule has 0 unspecified atom stereocenters. The monoisotopic (exact) mass is 456 g/mol. The molecule has 8 nitrogen and oxygen atoms in total. The third-order valence-electron chi connectivity index (χ3n) is 5.32. The van der Waals surface area contributed by atoms with E-state index in [9.17, 15) is 4.79 Å². The van der Waals surface area contributed by atoms with E-state index in [1.165, 1.54) is 0 Å². The first-order chi connectivity index (χ1) is 15.5. The van der Waals surface area contributed by atoms with Gasteiger partial charge >= 0.3 is 0 Å². The van der Waals surface area contributed by atoms with Gasteiger partial charge in [0.25, 0.3) is 5.91 Å². The van der Waals surface area contributed by atoms with Crippen molar-refractivity contribution in [2.45, 2.75) is 13.5 Å². The smallest absolute Gasteiger partial charge is 0.260 e. The fourth-order valence-electron chi connectivity index (χ4n) is 3.51. The Bertz CT molecular complexity index is 1060. The van der Waals surface area contributed by atoms with E-state index in [4.69, 9.17) is 25.6 Å². The number of halogens is 1. The van der Waals surface area contributed by atoms with E-state index < -0.39 is 0 Å². The molecule has 0 radical (unpaired) electrons. The summed E-state index contributed by atoms with van der Waals surface area (Å²) in [7, 11) is 1.59. The summed E-state index contributed by atoms with van der Waals surface area (Å²) in [6.45, 7) is 5.17. The third-order valence-corrected chi connectivity index (χ3v) is 5.58. The number of benzene rings is 2. The third kappa shape index (κ3) is 5.38. The number of nitrogens with zero attached hydrogens (tertiary/aromatic N) is 4. The lowest BCUT2D eigenvalue weighted by Crippen LogP contribution is -2.49. The first kappa shape index (κ1) is 22.1. The van der Waals surface area contributed by atoms with Crippen molar-refractivity contribution in [2.75, 3.05) is 39.9 Å². The molecule has 1 saturated heterocycles. The molecule has 0 bridgehead atoms. The maximum Gasteiger partial charge on any atom is 0.260 e. The van der Waals surface area contributed by atoms with Gasteiger partial charge < -0.3 is 18.9 Å². The lowest BCUT2D eigenvalue weighted by Gasteiger charge is -2.33. The van der Waals surface area contributed by atoms with Crippen LogP contribution in [0.3, 0.4) is 0 Å². The number of hydrogen-bond donors (Lipinski definition) is 0. The zero-order valence-corrected chi connectivity index (χ0v) is 18.8. The van der Waals surface area contributed by atoms with Gasteiger partial charge in [-0.2, -0.15) is 4.98 Å². The largest absolute Gasteiger partial charge is 0.493 e. The molecule has 4 rings (SSSR count). The molecule has 0 spiro atoms. The van der Waals surface area contributed by atoms with Crippen molar-refractivity contribution in [3.63, 3.8) is 0 Å². The summed E-state index contributed by atoms with van der Waals surface area (Å²) < 4.78 is 16.4. The molecule has 2 aromatic carbocycles. The van der Waals surface area contributed by atoms with Crippen LogP contribution in [0.1, 0.15) is 11.5 Å². The zero-order chi connectivity index (χ0) is 22.5. The summed E-state index contributed by atoms with van der Waals surface area (Å²) in [6, 6.07) is 12.9. The Kier molecular flexibility index (Phi) is 6.92. The summed E-state index contributed by atoms with van der Waals surface area (Å²) in [5, 5.41) is 4.71. The minimum absolute atomic E-state index is 0.0203. The molecule has 9 heteroatoms. The zero-order valence-electron chi connectivity index (χ0n) is 18.1.